The fourth-order valence-corrected chi connectivity index (χ4v) is 3.46. The number of carbonyl (C=O) groups is 2. The summed E-state index contributed by atoms with van der Waals surface area (Å²) < 4.78 is 10.4. The molecule has 0 N–H and O–H groups in total. The number of nitrogens with zero attached hydrogens (tertiary/aromatic N) is 3. The molecule has 1 aromatic heterocycles. The summed E-state index contributed by atoms with van der Waals surface area (Å²) in [6, 6.07) is 0. The van der Waals surface area contributed by atoms with E-state index in [9.17, 15) is 9.59 Å². The molecular weight excluding hydrogens is 310 g/mol. The van der Waals surface area contributed by atoms with E-state index in [0.717, 1.165) is 30.6 Å². The van der Waals surface area contributed by atoms with Crippen LogP contribution >= 0.6 is 0 Å². The van der Waals surface area contributed by atoms with Crippen LogP contribution in [0.3, 0.4) is 0 Å². The summed E-state index contributed by atoms with van der Waals surface area (Å²) in [5, 5.41) is 3.90. The largest absolute Gasteiger partial charge is 0.378 e. The molecule has 0 aliphatic carbocycles. The van der Waals surface area contributed by atoms with E-state index in [2.05, 4.69) is 5.16 Å². The Morgan fingerprint density at radius 1 is 1.17 bits per heavy atom. The molecule has 7 nitrogen and oxygen atoms in total. The van der Waals surface area contributed by atoms with E-state index >= 15 is 0 Å². The fraction of sp³-hybridized carbons (Fsp3) is 0.706. The molecule has 0 bridgehead atoms. The van der Waals surface area contributed by atoms with Crippen molar-refractivity contribution < 1.29 is 18.8 Å². The van der Waals surface area contributed by atoms with Crippen LogP contribution in [-0.4, -0.2) is 66.2 Å². The van der Waals surface area contributed by atoms with Crippen molar-refractivity contribution in [2.75, 3.05) is 39.4 Å². The highest BCUT2D eigenvalue weighted by atomic mass is 16.5. The van der Waals surface area contributed by atoms with E-state index in [-0.39, 0.29) is 17.7 Å². The van der Waals surface area contributed by atoms with Gasteiger partial charge in [-0.3, -0.25) is 9.59 Å². The van der Waals surface area contributed by atoms with Crippen molar-refractivity contribution in [2.45, 2.75) is 33.1 Å². The third-order valence-electron chi connectivity index (χ3n) is 4.96. The van der Waals surface area contributed by atoms with Crippen molar-refractivity contribution in [1.82, 2.24) is 15.0 Å². The molecule has 7 heteroatoms. The highest BCUT2D eigenvalue weighted by molar-refractivity contribution is 5.82. The molecule has 0 spiro atoms. The van der Waals surface area contributed by atoms with Crippen molar-refractivity contribution in [2.24, 2.45) is 5.92 Å². The van der Waals surface area contributed by atoms with Crippen LogP contribution in [0.25, 0.3) is 0 Å². The molecule has 0 radical (unpaired) electrons. The van der Waals surface area contributed by atoms with Crippen LogP contribution in [0.5, 0.6) is 0 Å². The standard InChI is InChI=1S/C17H25N3O4/c1-12-15(13(2)24-18-12)10-16(21)20-5-3-4-14(11-20)17(22)19-6-8-23-9-7-19/h14H,3-11H2,1-2H3. The predicted octanol–water partition coefficient (Wildman–Crippen LogP) is 0.931. The van der Waals surface area contributed by atoms with Gasteiger partial charge in [0.15, 0.2) is 0 Å². The lowest BCUT2D eigenvalue weighted by atomic mass is 9.95. The number of amides is 2. The van der Waals surface area contributed by atoms with E-state index in [1.165, 1.54) is 0 Å². The SMILES string of the molecule is Cc1noc(C)c1CC(=O)N1CCCC(C(=O)N2CCOCC2)C1. The van der Waals surface area contributed by atoms with E-state index in [1.807, 2.05) is 23.6 Å². The Hall–Kier alpha value is -1.89. The van der Waals surface area contributed by atoms with Crippen LogP contribution < -0.4 is 0 Å². The van der Waals surface area contributed by atoms with Crippen LogP contribution in [0.15, 0.2) is 4.52 Å². The fourth-order valence-electron chi connectivity index (χ4n) is 3.46. The number of ether oxygens (including phenoxy) is 1. The first-order valence-corrected chi connectivity index (χ1v) is 8.62. The topological polar surface area (TPSA) is 75.9 Å². The molecule has 3 heterocycles. The molecule has 2 amide bonds. The lowest BCUT2D eigenvalue weighted by Gasteiger charge is -2.36. The quantitative estimate of drug-likeness (QED) is 0.821. The van der Waals surface area contributed by atoms with Gasteiger partial charge in [-0.1, -0.05) is 5.16 Å². The normalized spacial score (nSPS) is 21.8. The number of morpholine rings is 1. The third kappa shape index (κ3) is 3.61. The minimum atomic E-state index is -0.0922. The van der Waals surface area contributed by atoms with Crippen LogP contribution in [0.4, 0.5) is 0 Å². The van der Waals surface area contributed by atoms with Gasteiger partial charge in [0.25, 0.3) is 0 Å². The number of carbonyl (C=O) groups excluding carboxylic acids is 2. The van der Waals surface area contributed by atoms with Gasteiger partial charge in [-0.15, -0.1) is 0 Å². The Morgan fingerprint density at radius 2 is 1.92 bits per heavy atom. The van der Waals surface area contributed by atoms with Crippen molar-refractivity contribution in [1.29, 1.82) is 0 Å². The summed E-state index contributed by atoms with van der Waals surface area (Å²) in [6.07, 6.45) is 2.01. The Labute approximate surface area is 141 Å². The molecule has 2 aliphatic rings. The number of aryl methyl sites for hydroxylation is 2. The molecule has 1 aromatic rings. The van der Waals surface area contributed by atoms with E-state index in [1.54, 1.807) is 0 Å². The van der Waals surface area contributed by atoms with Gasteiger partial charge < -0.3 is 19.1 Å². The summed E-state index contributed by atoms with van der Waals surface area (Å²) in [6.45, 7) is 7.42. The van der Waals surface area contributed by atoms with Gasteiger partial charge in [0.2, 0.25) is 11.8 Å². The number of rotatable bonds is 3. The smallest absolute Gasteiger partial charge is 0.227 e. The van der Waals surface area contributed by atoms with Gasteiger partial charge in [-0.05, 0) is 26.7 Å². The lowest BCUT2D eigenvalue weighted by molar-refractivity contribution is -0.143. The van der Waals surface area contributed by atoms with Crippen molar-refractivity contribution in [3.05, 3.63) is 17.0 Å². The summed E-state index contributed by atoms with van der Waals surface area (Å²) in [5.41, 5.74) is 1.63. The van der Waals surface area contributed by atoms with E-state index < -0.39 is 0 Å². The lowest BCUT2D eigenvalue weighted by Crippen LogP contribution is -2.49. The first kappa shape index (κ1) is 17.0. The van der Waals surface area contributed by atoms with Gasteiger partial charge in [-0.2, -0.15) is 0 Å². The Balaban J connectivity index is 1.60. The second kappa shape index (κ2) is 7.34. The Bertz CT molecular complexity index is 587. The van der Waals surface area contributed by atoms with E-state index in [4.69, 9.17) is 9.26 Å². The zero-order valence-corrected chi connectivity index (χ0v) is 14.4. The molecule has 2 saturated heterocycles. The van der Waals surface area contributed by atoms with Crippen molar-refractivity contribution >= 4 is 11.8 Å². The van der Waals surface area contributed by atoms with Crippen LogP contribution in [0.2, 0.25) is 0 Å². The van der Waals surface area contributed by atoms with Gasteiger partial charge in [0.1, 0.15) is 5.76 Å². The number of hydrogen-bond acceptors (Lipinski definition) is 5. The summed E-state index contributed by atoms with van der Waals surface area (Å²) in [5.74, 6) is 0.807. The molecule has 1 unspecified atom stereocenters. The zero-order valence-electron chi connectivity index (χ0n) is 14.4. The second-order valence-corrected chi connectivity index (χ2v) is 6.60. The summed E-state index contributed by atoms with van der Waals surface area (Å²) >= 11 is 0. The molecule has 0 saturated carbocycles. The molecule has 132 valence electrons. The van der Waals surface area contributed by atoms with Crippen molar-refractivity contribution in [3.63, 3.8) is 0 Å². The van der Waals surface area contributed by atoms with Crippen LogP contribution in [-0.2, 0) is 20.7 Å². The number of aromatic nitrogens is 1. The zero-order chi connectivity index (χ0) is 17.1. The van der Waals surface area contributed by atoms with Crippen LogP contribution in [0, 0.1) is 19.8 Å². The first-order chi connectivity index (χ1) is 11.6. The molecule has 2 aliphatic heterocycles. The average Bonchev–Trinajstić information content (AvgIpc) is 2.94. The third-order valence-corrected chi connectivity index (χ3v) is 4.96. The maximum atomic E-state index is 12.7. The van der Waals surface area contributed by atoms with Gasteiger partial charge in [0, 0.05) is 31.7 Å². The number of likely N-dealkylation sites (tertiary alicyclic amines) is 1. The summed E-state index contributed by atoms with van der Waals surface area (Å²) in [7, 11) is 0. The Kier molecular flexibility index (Phi) is 5.18. The predicted molar refractivity (Wildman–Crippen MR) is 86.4 cm³/mol. The Morgan fingerprint density at radius 3 is 2.58 bits per heavy atom. The van der Waals surface area contributed by atoms with Crippen LogP contribution in [0.1, 0.15) is 29.9 Å². The second-order valence-electron chi connectivity index (χ2n) is 6.60. The number of hydrogen-bond donors (Lipinski definition) is 0. The van der Waals surface area contributed by atoms with Gasteiger partial charge in [-0.25, -0.2) is 0 Å². The average molecular weight is 335 g/mol. The summed E-state index contributed by atoms with van der Waals surface area (Å²) in [4.78, 5) is 29.0. The maximum absolute atomic E-state index is 12.7. The molecule has 24 heavy (non-hydrogen) atoms. The molecule has 0 aromatic carbocycles. The molecule has 2 fully saturated rings. The first-order valence-electron chi connectivity index (χ1n) is 8.62. The number of piperidine rings is 1. The molecule has 3 rings (SSSR count). The molecular formula is C17H25N3O4. The van der Waals surface area contributed by atoms with E-state index in [0.29, 0.717) is 45.0 Å². The monoisotopic (exact) mass is 335 g/mol. The van der Waals surface area contributed by atoms with Crippen molar-refractivity contribution in [3.8, 4) is 0 Å². The minimum Gasteiger partial charge on any atom is -0.378 e. The minimum absolute atomic E-state index is 0.0453. The highest BCUT2D eigenvalue weighted by Gasteiger charge is 2.32. The molecule has 1 atom stereocenters. The van der Waals surface area contributed by atoms with Gasteiger partial charge >= 0.3 is 0 Å². The van der Waals surface area contributed by atoms with Gasteiger partial charge in [0.05, 0.1) is 31.2 Å². The highest BCUT2D eigenvalue weighted by Crippen LogP contribution is 2.21. The maximum Gasteiger partial charge on any atom is 0.227 e.